The van der Waals surface area contributed by atoms with Crippen LogP contribution in [0.3, 0.4) is 0 Å². The van der Waals surface area contributed by atoms with Crippen LogP contribution in [-0.4, -0.2) is 28.1 Å². The van der Waals surface area contributed by atoms with Gasteiger partial charge in [0.1, 0.15) is 28.9 Å². The molecule has 8 heteroatoms. The number of nitrogens with two attached hydrogens (primary N) is 1. The Bertz CT molecular complexity index is 1380. The molecular weight excluding hydrogens is 488 g/mol. The molecule has 2 heterocycles. The van der Waals surface area contributed by atoms with Crippen LogP contribution in [0.2, 0.25) is 5.02 Å². The molecule has 192 valence electrons. The fourth-order valence-corrected chi connectivity index (χ4v) is 5.27. The van der Waals surface area contributed by atoms with Gasteiger partial charge in [-0.05, 0) is 83.4 Å². The van der Waals surface area contributed by atoms with E-state index in [0.29, 0.717) is 52.4 Å². The number of carbonyl (C=O) groups is 1. The molecule has 0 atom stereocenters. The van der Waals surface area contributed by atoms with Crippen molar-refractivity contribution in [3.05, 3.63) is 70.4 Å². The number of ether oxygens (including phenoxy) is 2. The first-order valence-corrected chi connectivity index (χ1v) is 12.5. The van der Waals surface area contributed by atoms with E-state index in [9.17, 15) is 10.1 Å². The van der Waals surface area contributed by atoms with Crippen LogP contribution in [0.1, 0.15) is 62.0 Å². The number of nitrogen functional groups attached to an aromatic ring is 1. The van der Waals surface area contributed by atoms with E-state index in [0.717, 1.165) is 5.56 Å². The standard InChI is InChI=1S/C29H31ClN4O3/c1-17-11-21(26(32)33-16-17)20-7-6-8-24(22(20)15-31)36-25-10-9-18(12-23(25)30)27(35)34-19-13-28(2,3)37-29(4,5)14-19/h6-12,16,19H,13-14H2,1-5H3,(H2,32,33)(H,34,35). The zero-order valence-corrected chi connectivity index (χ0v) is 22.4. The molecule has 0 spiro atoms. The second-order valence-corrected chi connectivity index (χ2v) is 11.1. The first-order valence-electron chi connectivity index (χ1n) is 12.1. The number of hydrogen-bond acceptors (Lipinski definition) is 6. The molecule has 0 bridgehead atoms. The lowest BCUT2D eigenvalue weighted by Crippen LogP contribution is -2.52. The van der Waals surface area contributed by atoms with Gasteiger partial charge in [0.15, 0.2) is 0 Å². The van der Waals surface area contributed by atoms with E-state index < -0.39 is 0 Å². The SMILES string of the molecule is Cc1cnc(N)c(-c2cccc(Oc3ccc(C(=O)NC4CC(C)(C)OC(C)(C)C4)cc3Cl)c2C#N)c1. The van der Waals surface area contributed by atoms with Crippen LogP contribution in [0.15, 0.2) is 48.7 Å². The molecule has 2 aromatic carbocycles. The van der Waals surface area contributed by atoms with Gasteiger partial charge in [0.2, 0.25) is 0 Å². The van der Waals surface area contributed by atoms with Gasteiger partial charge in [-0.1, -0.05) is 23.7 Å². The highest BCUT2D eigenvalue weighted by Crippen LogP contribution is 2.38. The number of aromatic nitrogens is 1. The third-order valence-electron chi connectivity index (χ3n) is 6.26. The van der Waals surface area contributed by atoms with Crippen LogP contribution in [0.5, 0.6) is 11.5 Å². The average molecular weight is 519 g/mol. The lowest BCUT2D eigenvalue weighted by Gasteiger charge is -2.45. The molecule has 0 radical (unpaired) electrons. The maximum atomic E-state index is 13.0. The number of rotatable bonds is 5. The molecule has 4 rings (SSSR count). The first kappa shape index (κ1) is 26.5. The Morgan fingerprint density at radius 1 is 1.14 bits per heavy atom. The normalized spacial score (nSPS) is 16.6. The van der Waals surface area contributed by atoms with E-state index in [4.69, 9.17) is 26.8 Å². The van der Waals surface area contributed by atoms with Crippen molar-refractivity contribution in [3.63, 3.8) is 0 Å². The van der Waals surface area contributed by atoms with Gasteiger partial charge in [0.25, 0.3) is 5.91 Å². The molecule has 1 saturated heterocycles. The van der Waals surface area contributed by atoms with Gasteiger partial charge >= 0.3 is 0 Å². The molecular formula is C29H31ClN4O3. The molecule has 1 aromatic heterocycles. The van der Waals surface area contributed by atoms with Crippen molar-refractivity contribution in [3.8, 4) is 28.7 Å². The molecule has 0 aliphatic carbocycles. The van der Waals surface area contributed by atoms with Gasteiger partial charge in [-0.2, -0.15) is 5.26 Å². The van der Waals surface area contributed by atoms with Crippen LogP contribution in [0.25, 0.3) is 11.1 Å². The lowest BCUT2D eigenvalue weighted by molar-refractivity contribution is -0.162. The van der Waals surface area contributed by atoms with E-state index in [1.165, 1.54) is 0 Å². The summed E-state index contributed by atoms with van der Waals surface area (Å²) in [4.78, 5) is 17.2. The number of hydrogen-bond donors (Lipinski definition) is 2. The molecule has 0 unspecified atom stereocenters. The molecule has 1 aliphatic rings. The minimum absolute atomic E-state index is 0.0228. The van der Waals surface area contributed by atoms with E-state index in [-0.39, 0.29) is 28.2 Å². The third-order valence-corrected chi connectivity index (χ3v) is 6.56. The number of nitrogens with one attached hydrogen (secondary N) is 1. The first-order chi connectivity index (χ1) is 17.4. The van der Waals surface area contributed by atoms with Crippen LogP contribution >= 0.6 is 11.6 Å². The predicted molar refractivity (Wildman–Crippen MR) is 145 cm³/mol. The Hall–Kier alpha value is -3.60. The minimum atomic E-state index is -0.332. The zero-order chi connectivity index (χ0) is 27.0. The Morgan fingerprint density at radius 3 is 2.49 bits per heavy atom. The molecule has 3 aromatic rings. The zero-order valence-electron chi connectivity index (χ0n) is 21.7. The van der Waals surface area contributed by atoms with Crippen molar-refractivity contribution >= 4 is 23.3 Å². The largest absolute Gasteiger partial charge is 0.454 e. The molecule has 1 fully saturated rings. The lowest BCUT2D eigenvalue weighted by atomic mass is 9.85. The maximum absolute atomic E-state index is 13.0. The van der Waals surface area contributed by atoms with Crippen molar-refractivity contribution in [2.75, 3.05) is 5.73 Å². The summed E-state index contributed by atoms with van der Waals surface area (Å²) in [7, 11) is 0. The number of nitrogens with zero attached hydrogens (tertiary/aromatic N) is 2. The summed E-state index contributed by atoms with van der Waals surface area (Å²) >= 11 is 6.52. The summed E-state index contributed by atoms with van der Waals surface area (Å²) in [5.74, 6) is 0.764. The Labute approximate surface area is 222 Å². The van der Waals surface area contributed by atoms with Gasteiger partial charge in [-0.25, -0.2) is 4.98 Å². The number of halogens is 1. The van der Waals surface area contributed by atoms with Gasteiger partial charge in [-0.15, -0.1) is 0 Å². The second-order valence-electron chi connectivity index (χ2n) is 10.7. The molecule has 1 aliphatic heterocycles. The van der Waals surface area contributed by atoms with Crippen LogP contribution in [-0.2, 0) is 4.74 Å². The highest BCUT2D eigenvalue weighted by atomic mass is 35.5. The molecule has 1 amide bonds. The van der Waals surface area contributed by atoms with Crippen molar-refractivity contribution in [1.29, 1.82) is 5.26 Å². The summed E-state index contributed by atoms with van der Waals surface area (Å²) < 4.78 is 12.2. The van der Waals surface area contributed by atoms with E-state index in [1.807, 2.05) is 40.7 Å². The highest BCUT2D eigenvalue weighted by Gasteiger charge is 2.39. The smallest absolute Gasteiger partial charge is 0.251 e. The van der Waals surface area contributed by atoms with Crippen molar-refractivity contribution in [1.82, 2.24) is 10.3 Å². The quantitative estimate of drug-likeness (QED) is 0.403. The Balaban J connectivity index is 1.56. The number of benzene rings is 2. The molecule has 3 N–H and O–H groups in total. The van der Waals surface area contributed by atoms with Gasteiger partial charge in [0, 0.05) is 28.9 Å². The summed E-state index contributed by atoms with van der Waals surface area (Å²) in [6.07, 6.45) is 3.10. The number of amides is 1. The number of carbonyl (C=O) groups excluding carboxylic acids is 1. The molecule has 37 heavy (non-hydrogen) atoms. The maximum Gasteiger partial charge on any atom is 0.251 e. The highest BCUT2D eigenvalue weighted by molar-refractivity contribution is 6.32. The summed E-state index contributed by atoms with van der Waals surface area (Å²) in [5, 5.41) is 13.3. The third kappa shape index (κ3) is 6.04. The average Bonchev–Trinajstić information content (AvgIpc) is 2.79. The molecule has 0 saturated carbocycles. The van der Waals surface area contributed by atoms with Crippen LogP contribution in [0, 0.1) is 18.3 Å². The Morgan fingerprint density at radius 2 is 1.84 bits per heavy atom. The van der Waals surface area contributed by atoms with Crippen molar-refractivity contribution in [2.45, 2.75) is 64.7 Å². The van der Waals surface area contributed by atoms with E-state index >= 15 is 0 Å². The van der Waals surface area contributed by atoms with E-state index in [1.54, 1.807) is 42.6 Å². The van der Waals surface area contributed by atoms with Gasteiger partial charge in [0.05, 0.1) is 16.2 Å². The van der Waals surface area contributed by atoms with Crippen LogP contribution in [0.4, 0.5) is 5.82 Å². The second kappa shape index (κ2) is 10.0. The fraction of sp³-hybridized carbons (Fsp3) is 0.345. The van der Waals surface area contributed by atoms with Crippen LogP contribution < -0.4 is 15.8 Å². The number of nitriles is 1. The van der Waals surface area contributed by atoms with Crippen molar-refractivity contribution < 1.29 is 14.3 Å². The van der Waals surface area contributed by atoms with E-state index in [2.05, 4.69) is 16.4 Å². The van der Waals surface area contributed by atoms with Crippen molar-refractivity contribution in [2.24, 2.45) is 0 Å². The molecule has 7 nitrogen and oxygen atoms in total. The minimum Gasteiger partial charge on any atom is -0.454 e. The summed E-state index contributed by atoms with van der Waals surface area (Å²) in [6, 6.07) is 14.2. The topological polar surface area (TPSA) is 110 Å². The summed E-state index contributed by atoms with van der Waals surface area (Å²) in [5.41, 5.74) is 8.34. The predicted octanol–water partition coefficient (Wildman–Crippen LogP) is 6.42. The number of pyridine rings is 1. The monoisotopic (exact) mass is 518 g/mol. The number of aryl methyl sites for hydroxylation is 1. The van der Waals surface area contributed by atoms with Gasteiger partial charge in [-0.3, -0.25) is 4.79 Å². The summed E-state index contributed by atoms with van der Waals surface area (Å²) in [6.45, 7) is 10.0. The number of anilines is 1. The Kier molecular flexibility index (Phi) is 7.18. The fourth-order valence-electron chi connectivity index (χ4n) is 5.06. The van der Waals surface area contributed by atoms with Gasteiger partial charge < -0.3 is 20.5 Å².